The molecule has 2 unspecified atom stereocenters. The summed E-state index contributed by atoms with van der Waals surface area (Å²) >= 11 is 0. The number of carbonyl (C=O) groups excluding carboxylic acids is 5. The van der Waals surface area contributed by atoms with Crippen molar-refractivity contribution in [2.45, 2.75) is 181 Å². The second-order valence-electron chi connectivity index (χ2n) is 19.7. The summed E-state index contributed by atoms with van der Waals surface area (Å²) in [6, 6.07) is -1.13. The van der Waals surface area contributed by atoms with Crippen molar-refractivity contribution in [1.29, 1.82) is 0 Å². The molecule has 15 atom stereocenters. The Labute approximate surface area is 382 Å². The molecule has 360 valence electrons. The summed E-state index contributed by atoms with van der Waals surface area (Å²) in [7, 11) is 3.15. The number of aliphatic hydroxyl groups excluding tert-OH is 2. The maximum Gasteiger partial charge on any atom is 0.329 e. The molecule has 4 rings (SSSR count). The minimum atomic E-state index is -2.42. The molecule has 3 N–H and O–H groups in total. The van der Waals surface area contributed by atoms with Crippen LogP contribution in [-0.4, -0.2) is 119 Å². The van der Waals surface area contributed by atoms with Crippen LogP contribution in [0.3, 0.4) is 0 Å². The van der Waals surface area contributed by atoms with Gasteiger partial charge in [0.1, 0.15) is 23.7 Å². The predicted octanol–water partition coefficient (Wildman–Crippen LogP) is 6.80. The number of cyclic esters (lactones) is 1. The van der Waals surface area contributed by atoms with E-state index < -0.39 is 77.8 Å². The lowest BCUT2D eigenvalue weighted by atomic mass is 9.78. The van der Waals surface area contributed by atoms with E-state index in [1.54, 1.807) is 48.0 Å². The number of ether oxygens (including phenoxy) is 4. The molecule has 2 bridgehead atoms. The summed E-state index contributed by atoms with van der Waals surface area (Å²) in [6.45, 7) is 14.7. The molecule has 2 saturated heterocycles. The summed E-state index contributed by atoms with van der Waals surface area (Å²) < 4.78 is 23.8. The van der Waals surface area contributed by atoms with E-state index >= 15 is 0 Å². The highest BCUT2D eigenvalue weighted by atomic mass is 16.6. The molecule has 3 fully saturated rings. The van der Waals surface area contributed by atoms with Crippen LogP contribution in [0.25, 0.3) is 0 Å². The van der Waals surface area contributed by atoms with Gasteiger partial charge in [0.2, 0.25) is 5.79 Å². The van der Waals surface area contributed by atoms with E-state index in [-0.39, 0.29) is 60.7 Å². The van der Waals surface area contributed by atoms with Crippen molar-refractivity contribution < 1.29 is 58.2 Å². The standard InChI is InChI=1S/C51H79NO12/c1-30-16-12-11-13-17-31(2)43(61-9)28-39-21-19-36(7)51(60,64-39)48(57)49(58)52-23-15-14-18-40(52)50(59)63-44(33(4)26-38-20-22-41(53)45(27-38)62-10)29-42(54)32(3)25-35(6)47(56)37(8)46(55)34(5)24-30/h11-13,16-17,25,30,32-34,36-41,43-45,47,53,56,60H,14-15,18-24,26-29H2,1-10H3/b13-11?,16-12+,31-17?,35-25+/t30-,32-,33-,34-,36-,37+,38?,39+,40+,41-,43?,44+,45-,47-,51-/m1/s1. The minimum Gasteiger partial charge on any atom is -0.460 e. The monoisotopic (exact) mass is 898 g/mol. The second kappa shape index (κ2) is 24.4. The average molecular weight is 898 g/mol. The number of nitrogens with zero attached hydrogens (tertiary/aromatic N) is 1. The van der Waals surface area contributed by atoms with Gasteiger partial charge in [0.15, 0.2) is 0 Å². The Morgan fingerprint density at radius 1 is 0.859 bits per heavy atom. The van der Waals surface area contributed by atoms with Gasteiger partial charge in [0, 0.05) is 57.3 Å². The Balaban J connectivity index is 1.69. The summed E-state index contributed by atoms with van der Waals surface area (Å²) in [6.07, 6.45) is 13.0. The Bertz CT molecular complexity index is 1740. The van der Waals surface area contributed by atoms with Gasteiger partial charge in [-0.3, -0.25) is 19.2 Å². The first-order valence-electron chi connectivity index (χ1n) is 23.9. The molecule has 1 aliphatic carbocycles. The minimum absolute atomic E-state index is 0.0679. The molecule has 0 aromatic rings. The zero-order valence-corrected chi connectivity index (χ0v) is 40.2. The van der Waals surface area contributed by atoms with Gasteiger partial charge in [-0.05, 0) is 107 Å². The van der Waals surface area contributed by atoms with Crippen molar-refractivity contribution >= 4 is 29.2 Å². The van der Waals surface area contributed by atoms with Gasteiger partial charge >= 0.3 is 5.97 Å². The van der Waals surface area contributed by atoms with Crippen molar-refractivity contribution in [3.8, 4) is 0 Å². The summed E-state index contributed by atoms with van der Waals surface area (Å²) in [5, 5.41) is 33.8. The highest BCUT2D eigenvalue weighted by Gasteiger charge is 2.53. The largest absolute Gasteiger partial charge is 0.460 e. The Morgan fingerprint density at radius 2 is 1.58 bits per heavy atom. The third-order valence-electron chi connectivity index (χ3n) is 14.6. The number of fused-ring (bicyclic) bond motifs is 3. The number of hydrogen-bond donors (Lipinski definition) is 3. The number of carbonyl (C=O) groups is 5. The molecule has 64 heavy (non-hydrogen) atoms. The third-order valence-corrected chi connectivity index (χ3v) is 14.6. The molecule has 4 aliphatic rings. The molecule has 1 amide bonds. The molecule has 0 radical (unpaired) electrons. The average Bonchev–Trinajstić information content (AvgIpc) is 3.27. The van der Waals surface area contributed by atoms with Crippen molar-refractivity contribution in [3.05, 3.63) is 47.6 Å². The van der Waals surface area contributed by atoms with Crippen LogP contribution in [0, 0.1) is 41.4 Å². The zero-order chi connectivity index (χ0) is 47.5. The quantitative estimate of drug-likeness (QED) is 0.149. The zero-order valence-electron chi connectivity index (χ0n) is 40.2. The Kier molecular flexibility index (Phi) is 20.4. The molecule has 1 saturated carbocycles. The maximum atomic E-state index is 14.3. The molecule has 0 aromatic carbocycles. The molecule has 3 aliphatic heterocycles. The molecule has 13 nitrogen and oxygen atoms in total. The van der Waals surface area contributed by atoms with Crippen molar-refractivity contribution in [1.82, 2.24) is 4.90 Å². The fourth-order valence-electron chi connectivity index (χ4n) is 10.2. The fourth-order valence-corrected chi connectivity index (χ4v) is 10.2. The molecule has 13 heteroatoms. The Hall–Kier alpha value is -3.33. The van der Waals surface area contributed by atoms with E-state index in [0.29, 0.717) is 63.4 Å². The van der Waals surface area contributed by atoms with Crippen LogP contribution < -0.4 is 0 Å². The number of methoxy groups -OCH3 is 2. The van der Waals surface area contributed by atoms with E-state index in [9.17, 15) is 39.3 Å². The Morgan fingerprint density at radius 3 is 2.27 bits per heavy atom. The highest BCUT2D eigenvalue weighted by Crippen LogP contribution is 2.38. The van der Waals surface area contributed by atoms with Crippen LogP contribution in [0.2, 0.25) is 0 Å². The van der Waals surface area contributed by atoms with Gasteiger partial charge < -0.3 is 39.2 Å². The van der Waals surface area contributed by atoms with Crippen molar-refractivity contribution in [2.75, 3.05) is 20.8 Å². The van der Waals surface area contributed by atoms with E-state index in [0.717, 1.165) is 12.0 Å². The maximum absolute atomic E-state index is 14.3. The lowest BCUT2D eigenvalue weighted by Crippen LogP contribution is -2.61. The number of piperidine rings is 1. The van der Waals surface area contributed by atoms with Gasteiger partial charge in [-0.25, -0.2) is 4.79 Å². The van der Waals surface area contributed by atoms with E-state index in [2.05, 4.69) is 0 Å². The van der Waals surface area contributed by atoms with Crippen LogP contribution in [0.15, 0.2) is 47.6 Å². The van der Waals surface area contributed by atoms with Crippen LogP contribution >= 0.6 is 0 Å². The number of ketones is 3. The first-order chi connectivity index (χ1) is 30.2. The summed E-state index contributed by atoms with van der Waals surface area (Å²) in [4.78, 5) is 71.6. The van der Waals surface area contributed by atoms with Crippen LogP contribution in [-0.2, 0) is 42.9 Å². The first kappa shape index (κ1) is 53.3. The topological polar surface area (TPSA) is 186 Å². The number of amides is 1. The summed E-state index contributed by atoms with van der Waals surface area (Å²) in [5.41, 5.74) is 1.39. The van der Waals surface area contributed by atoms with Crippen molar-refractivity contribution in [2.24, 2.45) is 41.4 Å². The van der Waals surface area contributed by atoms with Crippen LogP contribution in [0.5, 0.6) is 0 Å². The lowest BCUT2D eigenvalue weighted by Gasteiger charge is -2.42. The molecular weight excluding hydrogens is 819 g/mol. The van der Waals surface area contributed by atoms with Gasteiger partial charge in [-0.1, -0.05) is 78.0 Å². The predicted molar refractivity (Wildman–Crippen MR) is 244 cm³/mol. The molecule has 0 aromatic heterocycles. The first-order valence-corrected chi connectivity index (χ1v) is 23.9. The number of allylic oxidation sites excluding steroid dienone is 6. The SMILES string of the molecule is COC1C[C@@H]2CC[C@@H](C)[C@@](O)(O2)C(=O)C(=O)N2CCCC[C@H]2C(=O)O[C@H]([C@H](C)CC2CC[C@@H](O)[C@H](OC)C2)CC(=O)[C@H](C)/C=C(\C)[C@@H](O)[C@@H](C)C(=O)[C@H](C)C[C@H](C)/C=C/C=CC=C1C. The third kappa shape index (κ3) is 13.9. The van der Waals surface area contributed by atoms with Crippen molar-refractivity contribution in [3.63, 3.8) is 0 Å². The van der Waals surface area contributed by atoms with E-state index in [1.807, 2.05) is 58.1 Å². The normalized spacial score (nSPS) is 39.5. The van der Waals surface area contributed by atoms with E-state index in [1.165, 1.54) is 4.90 Å². The summed E-state index contributed by atoms with van der Waals surface area (Å²) in [5.74, 6) is -8.13. The van der Waals surface area contributed by atoms with Crippen LogP contribution in [0.1, 0.15) is 132 Å². The number of aliphatic hydroxyl groups is 3. The van der Waals surface area contributed by atoms with Crippen LogP contribution in [0.4, 0.5) is 0 Å². The molecule has 0 spiro atoms. The van der Waals surface area contributed by atoms with Gasteiger partial charge in [-0.15, -0.1) is 0 Å². The number of hydrogen-bond acceptors (Lipinski definition) is 12. The smallest absolute Gasteiger partial charge is 0.329 e. The number of rotatable bonds is 5. The lowest BCUT2D eigenvalue weighted by molar-refractivity contribution is -0.265. The van der Waals surface area contributed by atoms with E-state index in [4.69, 9.17) is 18.9 Å². The second-order valence-corrected chi connectivity index (χ2v) is 19.7. The molecular formula is C51H79NO12. The number of Topliss-reactive ketones (excluding diaryl/α,β-unsaturated/α-hetero) is 3. The molecule has 3 heterocycles. The van der Waals surface area contributed by atoms with Gasteiger partial charge in [0.25, 0.3) is 11.7 Å². The van der Waals surface area contributed by atoms with Gasteiger partial charge in [-0.2, -0.15) is 0 Å². The number of esters is 1. The fraction of sp³-hybridized carbons (Fsp3) is 0.745. The highest BCUT2D eigenvalue weighted by molar-refractivity contribution is 6.39. The van der Waals surface area contributed by atoms with Gasteiger partial charge in [0.05, 0.1) is 30.5 Å².